The van der Waals surface area contributed by atoms with Crippen molar-refractivity contribution in [2.75, 3.05) is 45.9 Å². The van der Waals surface area contributed by atoms with Crippen LogP contribution in [0.4, 0.5) is 5.69 Å². The number of aromatic nitrogens is 1. The first-order valence-electron chi connectivity index (χ1n) is 13.3. The molecule has 2 amide bonds. The van der Waals surface area contributed by atoms with E-state index >= 15 is 0 Å². The molecule has 3 atom stereocenters. The second-order valence-corrected chi connectivity index (χ2v) is 10.2. The second-order valence-electron chi connectivity index (χ2n) is 10.2. The van der Waals surface area contributed by atoms with Gasteiger partial charge in [-0.05, 0) is 37.0 Å². The zero-order chi connectivity index (χ0) is 26.5. The number of amides is 2. The molecule has 2 aromatic rings. The van der Waals surface area contributed by atoms with Gasteiger partial charge in [0.25, 0.3) is 11.6 Å². The molecule has 202 valence electrons. The van der Waals surface area contributed by atoms with Gasteiger partial charge in [0.1, 0.15) is 6.04 Å². The third kappa shape index (κ3) is 6.01. The first-order valence-corrected chi connectivity index (χ1v) is 13.3. The van der Waals surface area contributed by atoms with Gasteiger partial charge in [0.15, 0.2) is 0 Å². The fourth-order valence-corrected chi connectivity index (χ4v) is 5.64. The number of nitro groups is 1. The summed E-state index contributed by atoms with van der Waals surface area (Å²) in [6, 6.07) is 9.42. The van der Waals surface area contributed by atoms with Crippen molar-refractivity contribution in [3.63, 3.8) is 0 Å². The van der Waals surface area contributed by atoms with Gasteiger partial charge in [0.05, 0.1) is 16.6 Å². The van der Waals surface area contributed by atoms with Crippen LogP contribution >= 0.6 is 0 Å². The zero-order valence-corrected chi connectivity index (χ0v) is 21.4. The third-order valence-corrected chi connectivity index (χ3v) is 7.67. The van der Waals surface area contributed by atoms with Crippen LogP contribution in [0.1, 0.15) is 35.2 Å². The molecule has 3 fully saturated rings. The third-order valence-electron chi connectivity index (χ3n) is 7.67. The second kappa shape index (κ2) is 12.0. The molecule has 3 saturated heterocycles. The Labute approximate surface area is 221 Å². The Morgan fingerprint density at radius 3 is 2.63 bits per heavy atom. The topological polar surface area (TPSA) is 121 Å². The van der Waals surface area contributed by atoms with Crippen LogP contribution in [0.15, 0.2) is 48.8 Å². The SMILES string of the molecule is O=C(C1CC(N(Cc2ccc([N+](=O)[O-])cc2)CC2CCCO2)CN1C(=O)c1cccnc1)N1CCNCC1. The fourth-order valence-electron chi connectivity index (χ4n) is 5.64. The Balaban J connectivity index is 1.40. The minimum Gasteiger partial charge on any atom is -0.377 e. The summed E-state index contributed by atoms with van der Waals surface area (Å²) in [7, 11) is 0. The maximum Gasteiger partial charge on any atom is 0.269 e. The van der Waals surface area contributed by atoms with E-state index in [0.717, 1.165) is 38.1 Å². The summed E-state index contributed by atoms with van der Waals surface area (Å²) in [6.07, 6.45) is 5.75. The number of likely N-dealkylation sites (tertiary alicyclic amines) is 1. The first kappa shape index (κ1) is 26.2. The van der Waals surface area contributed by atoms with Crippen LogP contribution in [0, 0.1) is 10.1 Å². The van der Waals surface area contributed by atoms with E-state index in [0.29, 0.717) is 44.7 Å². The number of hydrogen-bond donors (Lipinski definition) is 1. The van der Waals surface area contributed by atoms with Crippen LogP contribution in [-0.2, 0) is 16.1 Å². The molecule has 0 aliphatic carbocycles. The van der Waals surface area contributed by atoms with Gasteiger partial charge in [0, 0.05) is 83.0 Å². The average Bonchev–Trinajstić information content (AvgIpc) is 3.64. The minimum absolute atomic E-state index is 0.0151. The van der Waals surface area contributed by atoms with Crippen LogP contribution in [0.5, 0.6) is 0 Å². The lowest BCUT2D eigenvalue weighted by Crippen LogP contribution is -2.53. The highest BCUT2D eigenvalue weighted by molar-refractivity contribution is 5.97. The molecule has 4 heterocycles. The van der Waals surface area contributed by atoms with Crippen LogP contribution in [0.2, 0.25) is 0 Å². The molecule has 1 aromatic heterocycles. The lowest BCUT2D eigenvalue weighted by molar-refractivity contribution is -0.384. The highest BCUT2D eigenvalue weighted by atomic mass is 16.6. The van der Waals surface area contributed by atoms with Crippen molar-refractivity contribution in [3.05, 3.63) is 70.0 Å². The summed E-state index contributed by atoms with van der Waals surface area (Å²) >= 11 is 0. The highest BCUT2D eigenvalue weighted by Gasteiger charge is 2.44. The van der Waals surface area contributed by atoms with Crippen LogP contribution in [-0.4, -0.2) is 100 Å². The van der Waals surface area contributed by atoms with Crippen molar-refractivity contribution in [1.29, 1.82) is 0 Å². The number of carbonyl (C=O) groups is 2. The van der Waals surface area contributed by atoms with E-state index in [1.54, 1.807) is 41.6 Å². The zero-order valence-electron chi connectivity index (χ0n) is 21.4. The molecule has 0 radical (unpaired) electrons. The lowest BCUT2D eigenvalue weighted by Gasteiger charge is -2.32. The van der Waals surface area contributed by atoms with Gasteiger partial charge in [-0.15, -0.1) is 0 Å². The Kier molecular flexibility index (Phi) is 8.26. The van der Waals surface area contributed by atoms with Crippen molar-refractivity contribution in [1.82, 2.24) is 25.0 Å². The molecule has 1 N–H and O–H groups in total. The summed E-state index contributed by atoms with van der Waals surface area (Å²) in [4.78, 5) is 48.0. The molecular weight excluding hydrogens is 488 g/mol. The molecule has 3 unspecified atom stereocenters. The van der Waals surface area contributed by atoms with Crippen molar-refractivity contribution in [2.24, 2.45) is 0 Å². The summed E-state index contributed by atoms with van der Waals surface area (Å²) in [5.41, 5.74) is 1.46. The quantitative estimate of drug-likeness (QED) is 0.411. The van der Waals surface area contributed by atoms with E-state index in [-0.39, 0.29) is 29.6 Å². The fraction of sp³-hybridized carbons (Fsp3) is 0.519. The number of benzene rings is 1. The summed E-state index contributed by atoms with van der Waals surface area (Å²) in [6.45, 7) is 5.09. The largest absolute Gasteiger partial charge is 0.377 e. The van der Waals surface area contributed by atoms with Gasteiger partial charge < -0.3 is 19.9 Å². The number of rotatable bonds is 8. The van der Waals surface area contributed by atoms with Crippen molar-refractivity contribution in [2.45, 2.75) is 44.0 Å². The van der Waals surface area contributed by atoms with Crippen LogP contribution in [0.25, 0.3) is 0 Å². The molecule has 0 spiro atoms. The van der Waals surface area contributed by atoms with E-state index in [1.807, 2.05) is 4.90 Å². The number of carbonyl (C=O) groups excluding carboxylic acids is 2. The smallest absolute Gasteiger partial charge is 0.269 e. The van der Waals surface area contributed by atoms with Crippen LogP contribution in [0.3, 0.4) is 0 Å². The number of ether oxygens (including phenoxy) is 1. The van der Waals surface area contributed by atoms with Gasteiger partial charge in [0.2, 0.25) is 5.91 Å². The predicted octanol–water partition coefficient (Wildman–Crippen LogP) is 1.69. The van der Waals surface area contributed by atoms with E-state index in [4.69, 9.17) is 4.74 Å². The van der Waals surface area contributed by atoms with E-state index in [2.05, 4.69) is 15.2 Å². The molecule has 11 nitrogen and oxygen atoms in total. The van der Waals surface area contributed by atoms with Gasteiger partial charge >= 0.3 is 0 Å². The molecular formula is C27H34N6O5. The van der Waals surface area contributed by atoms with Gasteiger partial charge in [-0.3, -0.25) is 29.6 Å². The first-order chi connectivity index (χ1) is 18.5. The van der Waals surface area contributed by atoms with Gasteiger partial charge in [-0.1, -0.05) is 12.1 Å². The maximum atomic E-state index is 13.7. The van der Waals surface area contributed by atoms with Gasteiger partial charge in [-0.25, -0.2) is 0 Å². The molecule has 3 aliphatic heterocycles. The van der Waals surface area contributed by atoms with E-state index in [1.165, 1.54) is 12.1 Å². The van der Waals surface area contributed by atoms with E-state index < -0.39 is 11.0 Å². The van der Waals surface area contributed by atoms with Crippen LogP contribution < -0.4 is 5.32 Å². The normalized spacial score (nSPS) is 23.7. The molecule has 38 heavy (non-hydrogen) atoms. The Hall–Kier alpha value is -3.41. The molecule has 3 aliphatic rings. The average molecular weight is 523 g/mol. The Bertz CT molecular complexity index is 1120. The number of non-ortho nitro benzene ring substituents is 1. The predicted molar refractivity (Wildman–Crippen MR) is 139 cm³/mol. The molecule has 1 aromatic carbocycles. The number of nitrogens with one attached hydrogen (secondary N) is 1. The summed E-state index contributed by atoms with van der Waals surface area (Å²) in [5.74, 6) is -0.208. The summed E-state index contributed by atoms with van der Waals surface area (Å²) < 4.78 is 5.94. The Morgan fingerprint density at radius 1 is 1.18 bits per heavy atom. The number of nitro benzene ring substituents is 1. The lowest BCUT2D eigenvalue weighted by atomic mass is 10.1. The molecule has 0 saturated carbocycles. The number of hydrogen-bond acceptors (Lipinski definition) is 8. The Morgan fingerprint density at radius 2 is 1.97 bits per heavy atom. The molecule has 5 rings (SSSR count). The van der Waals surface area contributed by atoms with E-state index in [9.17, 15) is 19.7 Å². The molecule has 11 heteroatoms. The monoisotopic (exact) mass is 522 g/mol. The maximum absolute atomic E-state index is 13.7. The van der Waals surface area contributed by atoms with Crippen molar-refractivity contribution in [3.8, 4) is 0 Å². The number of nitrogens with zero attached hydrogens (tertiary/aromatic N) is 5. The summed E-state index contributed by atoms with van der Waals surface area (Å²) in [5, 5.41) is 14.4. The standard InChI is InChI=1S/C27H34N6O5/c34-26(21-3-1-9-29-16-21)32-18-23(15-25(32)27(35)30-12-10-28-11-13-30)31(19-24-4-2-14-38-24)17-20-5-7-22(8-6-20)33(36)37/h1,3,5-9,16,23-25,28H,2,4,10-15,17-19H2. The highest BCUT2D eigenvalue weighted by Crippen LogP contribution is 2.29. The number of piperazine rings is 1. The van der Waals surface area contributed by atoms with Crippen molar-refractivity contribution >= 4 is 17.5 Å². The molecule has 0 bridgehead atoms. The van der Waals surface area contributed by atoms with Crippen molar-refractivity contribution < 1.29 is 19.2 Å². The number of pyridine rings is 1. The van der Waals surface area contributed by atoms with Gasteiger partial charge in [-0.2, -0.15) is 0 Å². The minimum atomic E-state index is -0.560.